The van der Waals surface area contributed by atoms with E-state index in [1.807, 2.05) is 25.1 Å². The van der Waals surface area contributed by atoms with E-state index in [0.717, 1.165) is 37.6 Å². The van der Waals surface area contributed by atoms with Gasteiger partial charge in [-0.2, -0.15) is 0 Å². The first kappa shape index (κ1) is 16.0. The quantitative estimate of drug-likeness (QED) is 0.898. The molecule has 7 heteroatoms. The van der Waals surface area contributed by atoms with Gasteiger partial charge in [-0.25, -0.2) is 14.8 Å². The van der Waals surface area contributed by atoms with Crippen molar-refractivity contribution in [3.05, 3.63) is 42.2 Å². The molecular formula is C17H20N4O3. The number of para-hydroxylation sites is 2. The zero-order valence-corrected chi connectivity index (χ0v) is 13.6. The fourth-order valence-corrected chi connectivity index (χ4v) is 2.74. The van der Waals surface area contributed by atoms with Crippen molar-refractivity contribution in [3.63, 3.8) is 0 Å². The van der Waals surface area contributed by atoms with Gasteiger partial charge in [-0.15, -0.1) is 0 Å². The minimum atomic E-state index is -1.01. The molecule has 0 unspecified atom stereocenters. The van der Waals surface area contributed by atoms with Gasteiger partial charge in [0.2, 0.25) is 5.95 Å². The summed E-state index contributed by atoms with van der Waals surface area (Å²) in [7, 11) is 0. The van der Waals surface area contributed by atoms with Crippen LogP contribution in [0.2, 0.25) is 0 Å². The number of aromatic nitrogens is 2. The summed E-state index contributed by atoms with van der Waals surface area (Å²) in [5.41, 5.74) is 1.20. The number of carbonyl (C=O) groups is 1. The minimum Gasteiger partial charge on any atom is -0.492 e. The molecule has 0 spiro atoms. The molecule has 7 nitrogen and oxygen atoms in total. The van der Waals surface area contributed by atoms with Crippen molar-refractivity contribution in [3.8, 4) is 5.75 Å². The van der Waals surface area contributed by atoms with Gasteiger partial charge in [-0.05, 0) is 19.1 Å². The summed E-state index contributed by atoms with van der Waals surface area (Å²) < 4.78 is 5.70. The molecule has 0 radical (unpaired) electrons. The van der Waals surface area contributed by atoms with E-state index in [2.05, 4.69) is 25.8 Å². The number of ether oxygens (including phenoxy) is 1. The molecule has 0 saturated carbocycles. The molecular weight excluding hydrogens is 308 g/mol. The number of carboxylic acid groups (broad SMARTS) is 1. The molecule has 0 amide bonds. The number of carboxylic acids is 1. The average Bonchev–Trinajstić information content (AvgIpc) is 2.63. The Balaban J connectivity index is 1.66. The normalized spacial score (nSPS) is 14.5. The summed E-state index contributed by atoms with van der Waals surface area (Å²) >= 11 is 0. The third kappa shape index (κ3) is 3.40. The molecule has 1 aliphatic heterocycles. The highest BCUT2D eigenvalue weighted by Gasteiger charge is 2.21. The van der Waals surface area contributed by atoms with Crippen molar-refractivity contribution in [1.82, 2.24) is 9.97 Å². The highest BCUT2D eigenvalue weighted by molar-refractivity contribution is 5.86. The predicted molar refractivity (Wildman–Crippen MR) is 91.0 cm³/mol. The van der Waals surface area contributed by atoms with Crippen LogP contribution in [0.4, 0.5) is 11.6 Å². The van der Waals surface area contributed by atoms with Crippen LogP contribution in [0.25, 0.3) is 0 Å². The van der Waals surface area contributed by atoms with E-state index in [0.29, 0.717) is 12.6 Å². The topological polar surface area (TPSA) is 78.8 Å². The fourth-order valence-electron chi connectivity index (χ4n) is 2.74. The molecule has 2 heterocycles. The number of piperazine rings is 1. The summed E-state index contributed by atoms with van der Waals surface area (Å²) in [5, 5.41) is 8.90. The predicted octanol–water partition coefficient (Wildman–Crippen LogP) is 1.90. The third-order valence-electron chi connectivity index (χ3n) is 3.95. The number of anilines is 2. The van der Waals surface area contributed by atoms with Crippen LogP contribution in [0.1, 0.15) is 17.3 Å². The first-order valence-electron chi connectivity index (χ1n) is 7.96. The van der Waals surface area contributed by atoms with Gasteiger partial charge in [0.15, 0.2) is 0 Å². The molecule has 24 heavy (non-hydrogen) atoms. The Bertz CT molecular complexity index is 697. The number of aromatic carboxylic acids is 1. The van der Waals surface area contributed by atoms with Crippen LogP contribution in [-0.4, -0.2) is 53.8 Å². The Hall–Kier alpha value is -2.83. The van der Waals surface area contributed by atoms with Gasteiger partial charge in [0.1, 0.15) is 5.75 Å². The van der Waals surface area contributed by atoms with Gasteiger partial charge >= 0.3 is 5.97 Å². The van der Waals surface area contributed by atoms with Gasteiger partial charge in [0, 0.05) is 38.6 Å². The Morgan fingerprint density at radius 2 is 1.75 bits per heavy atom. The number of hydrogen-bond acceptors (Lipinski definition) is 6. The minimum absolute atomic E-state index is 0.100. The summed E-state index contributed by atoms with van der Waals surface area (Å²) in [5.74, 6) is 0.451. The number of benzene rings is 1. The van der Waals surface area contributed by atoms with Crippen LogP contribution in [0.3, 0.4) is 0 Å². The molecule has 0 atom stereocenters. The maximum atomic E-state index is 10.9. The molecule has 1 aromatic heterocycles. The number of hydrogen-bond donors (Lipinski definition) is 1. The van der Waals surface area contributed by atoms with E-state index in [1.165, 1.54) is 12.4 Å². The maximum absolute atomic E-state index is 10.9. The Morgan fingerprint density at radius 3 is 2.38 bits per heavy atom. The van der Waals surface area contributed by atoms with E-state index >= 15 is 0 Å². The van der Waals surface area contributed by atoms with Crippen molar-refractivity contribution in [2.24, 2.45) is 0 Å². The lowest BCUT2D eigenvalue weighted by atomic mass is 10.2. The molecule has 3 rings (SSSR count). The van der Waals surface area contributed by atoms with E-state index in [1.54, 1.807) is 0 Å². The maximum Gasteiger partial charge on any atom is 0.338 e. The van der Waals surface area contributed by atoms with Gasteiger partial charge < -0.3 is 19.6 Å². The fraction of sp³-hybridized carbons (Fsp3) is 0.353. The van der Waals surface area contributed by atoms with Gasteiger partial charge in [0.25, 0.3) is 0 Å². The Morgan fingerprint density at radius 1 is 1.12 bits per heavy atom. The standard InChI is InChI=1S/C17H20N4O3/c1-2-24-15-6-4-3-5-14(15)20-7-9-21(10-8-20)17-18-11-13(12-19-17)16(22)23/h3-6,11-12H,2,7-10H2,1H3,(H,22,23). The second kappa shape index (κ2) is 7.16. The smallest absolute Gasteiger partial charge is 0.338 e. The molecule has 126 valence electrons. The molecule has 1 aliphatic rings. The van der Waals surface area contributed by atoms with Crippen LogP contribution in [-0.2, 0) is 0 Å². The van der Waals surface area contributed by atoms with Gasteiger partial charge in [-0.3, -0.25) is 0 Å². The highest BCUT2D eigenvalue weighted by atomic mass is 16.5. The molecule has 1 saturated heterocycles. The van der Waals surface area contributed by atoms with Crippen LogP contribution < -0.4 is 14.5 Å². The van der Waals surface area contributed by atoms with E-state index in [9.17, 15) is 4.79 Å². The molecule has 1 N–H and O–H groups in total. The third-order valence-corrected chi connectivity index (χ3v) is 3.95. The largest absolute Gasteiger partial charge is 0.492 e. The van der Waals surface area contributed by atoms with E-state index in [4.69, 9.17) is 9.84 Å². The second-order valence-electron chi connectivity index (χ2n) is 5.45. The van der Waals surface area contributed by atoms with Crippen molar-refractivity contribution in [2.75, 3.05) is 42.6 Å². The molecule has 2 aromatic rings. The summed E-state index contributed by atoms with van der Waals surface area (Å²) in [4.78, 5) is 23.5. The first-order chi connectivity index (χ1) is 11.7. The van der Waals surface area contributed by atoms with Crippen molar-refractivity contribution >= 4 is 17.6 Å². The van der Waals surface area contributed by atoms with Crippen molar-refractivity contribution < 1.29 is 14.6 Å². The molecule has 1 aromatic carbocycles. The number of rotatable bonds is 5. The summed E-state index contributed by atoms with van der Waals surface area (Å²) in [6.45, 7) is 5.82. The SMILES string of the molecule is CCOc1ccccc1N1CCN(c2ncc(C(=O)O)cn2)CC1. The van der Waals surface area contributed by atoms with E-state index in [-0.39, 0.29) is 5.56 Å². The van der Waals surface area contributed by atoms with Crippen molar-refractivity contribution in [2.45, 2.75) is 6.92 Å². The highest BCUT2D eigenvalue weighted by Crippen LogP contribution is 2.29. The van der Waals surface area contributed by atoms with Crippen LogP contribution in [0.15, 0.2) is 36.7 Å². The molecule has 0 bridgehead atoms. The zero-order valence-electron chi connectivity index (χ0n) is 13.6. The summed E-state index contributed by atoms with van der Waals surface area (Å²) in [6.07, 6.45) is 2.70. The average molecular weight is 328 g/mol. The zero-order chi connectivity index (χ0) is 16.9. The molecule has 1 fully saturated rings. The lowest BCUT2D eigenvalue weighted by Gasteiger charge is -2.36. The van der Waals surface area contributed by atoms with Crippen LogP contribution >= 0.6 is 0 Å². The van der Waals surface area contributed by atoms with Gasteiger partial charge in [0.05, 0.1) is 17.9 Å². The lowest BCUT2D eigenvalue weighted by Crippen LogP contribution is -2.47. The van der Waals surface area contributed by atoms with E-state index < -0.39 is 5.97 Å². The molecule has 0 aliphatic carbocycles. The summed E-state index contributed by atoms with van der Waals surface area (Å²) in [6, 6.07) is 8.04. The van der Waals surface area contributed by atoms with Crippen LogP contribution in [0.5, 0.6) is 5.75 Å². The Kier molecular flexibility index (Phi) is 4.79. The Labute approximate surface area is 140 Å². The monoisotopic (exact) mass is 328 g/mol. The van der Waals surface area contributed by atoms with Crippen molar-refractivity contribution in [1.29, 1.82) is 0 Å². The van der Waals surface area contributed by atoms with Gasteiger partial charge in [-0.1, -0.05) is 12.1 Å². The number of nitrogens with zero attached hydrogens (tertiary/aromatic N) is 4. The lowest BCUT2D eigenvalue weighted by molar-refractivity contribution is 0.0696. The first-order valence-corrected chi connectivity index (χ1v) is 7.96. The van der Waals surface area contributed by atoms with Crippen LogP contribution in [0, 0.1) is 0 Å². The second-order valence-corrected chi connectivity index (χ2v) is 5.45.